The van der Waals surface area contributed by atoms with Crippen molar-refractivity contribution in [3.05, 3.63) is 18.2 Å². The van der Waals surface area contributed by atoms with Gasteiger partial charge in [0, 0.05) is 24.7 Å². The Kier molecular flexibility index (Phi) is 6.86. The molecule has 1 aromatic rings. The molecule has 0 spiro atoms. The average Bonchev–Trinajstić information content (AvgIpc) is 2.46. The first kappa shape index (κ1) is 16.6. The van der Waals surface area contributed by atoms with E-state index in [1.165, 1.54) is 14.2 Å². The van der Waals surface area contributed by atoms with Gasteiger partial charge in [0.05, 0.1) is 14.2 Å². The molecule has 0 fully saturated rings. The second-order valence-corrected chi connectivity index (χ2v) is 4.30. The van der Waals surface area contributed by atoms with Gasteiger partial charge in [-0.05, 0) is 25.0 Å². The molecular weight excluding hydrogens is 276 g/mol. The quantitative estimate of drug-likeness (QED) is 0.638. The highest BCUT2D eigenvalue weighted by Gasteiger charge is 2.07. The van der Waals surface area contributed by atoms with Crippen LogP contribution >= 0.6 is 0 Å². The highest BCUT2D eigenvalue weighted by Crippen LogP contribution is 2.29. The van der Waals surface area contributed by atoms with Gasteiger partial charge in [0.25, 0.3) is 0 Å². The predicted molar refractivity (Wildman–Crippen MR) is 78.1 cm³/mol. The number of hydrogen-bond donors (Lipinski definition) is 3. The standard InChI is InChI=1S/C14H20N2O5/c1-20-11-7-6-10(9-12(11)21-2)16-14(19)15-8-4-3-5-13(17)18/h6-7,9H,3-5,8H2,1-2H3,(H,17,18)(H2,15,16,19). The third kappa shape index (κ3) is 6.03. The minimum absolute atomic E-state index is 0.110. The molecule has 0 aromatic heterocycles. The number of amides is 2. The van der Waals surface area contributed by atoms with Crippen molar-refractivity contribution in [2.45, 2.75) is 19.3 Å². The third-order valence-corrected chi connectivity index (χ3v) is 2.74. The summed E-state index contributed by atoms with van der Waals surface area (Å²) < 4.78 is 10.2. The fourth-order valence-electron chi connectivity index (χ4n) is 1.69. The Morgan fingerprint density at radius 2 is 1.86 bits per heavy atom. The highest BCUT2D eigenvalue weighted by atomic mass is 16.5. The molecular formula is C14H20N2O5. The molecule has 0 aliphatic heterocycles. The van der Waals surface area contributed by atoms with Crippen molar-refractivity contribution < 1.29 is 24.2 Å². The predicted octanol–water partition coefficient (Wildman–Crippen LogP) is 2.08. The van der Waals surface area contributed by atoms with Crippen molar-refractivity contribution in [1.29, 1.82) is 0 Å². The molecule has 0 bridgehead atoms. The summed E-state index contributed by atoms with van der Waals surface area (Å²) in [5.74, 6) is 0.277. The zero-order valence-corrected chi connectivity index (χ0v) is 12.1. The van der Waals surface area contributed by atoms with E-state index in [4.69, 9.17) is 14.6 Å². The van der Waals surface area contributed by atoms with Crippen molar-refractivity contribution in [2.75, 3.05) is 26.1 Å². The van der Waals surface area contributed by atoms with Crippen LogP contribution in [0.2, 0.25) is 0 Å². The summed E-state index contributed by atoms with van der Waals surface area (Å²) in [5, 5.41) is 13.8. The summed E-state index contributed by atoms with van der Waals surface area (Å²) >= 11 is 0. The van der Waals surface area contributed by atoms with Crippen LogP contribution < -0.4 is 20.1 Å². The Morgan fingerprint density at radius 3 is 2.48 bits per heavy atom. The molecule has 0 atom stereocenters. The minimum atomic E-state index is -0.829. The van der Waals surface area contributed by atoms with Crippen LogP contribution in [0.5, 0.6) is 11.5 Å². The van der Waals surface area contributed by atoms with E-state index in [1.54, 1.807) is 18.2 Å². The highest BCUT2D eigenvalue weighted by molar-refractivity contribution is 5.89. The molecule has 7 nitrogen and oxygen atoms in total. The van der Waals surface area contributed by atoms with Crippen LogP contribution in [-0.4, -0.2) is 37.9 Å². The number of benzene rings is 1. The van der Waals surface area contributed by atoms with Crippen LogP contribution in [0, 0.1) is 0 Å². The van der Waals surface area contributed by atoms with Crippen molar-refractivity contribution in [2.24, 2.45) is 0 Å². The molecule has 7 heteroatoms. The molecule has 0 saturated heterocycles. The molecule has 2 amide bonds. The van der Waals surface area contributed by atoms with E-state index in [2.05, 4.69) is 10.6 Å². The van der Waals surface area contributed by atoms with Gasteiger partial charge in [-0.1, -0.05) is 0 Å². The van der Waals surface area contributed by atoms with Gasteiger partial charge < -0.3 is 25.2 Å². The second-order valence-electron chi connectivity index (χ2n) is 4.30. The first-order chi connectivity index (χ1) is 10.1. The number of hydrogen-bond acceptors (Lipinski definition) is 4. The number of carboxylic acids is 1. The molecule has 0 unspecified atom stereocenters. The Bertz CT molecular complexity index is 490. The molecule has 0 radical (unpaired) electrons. The molecule has 3 N–H and O–H groups in total. The van der Waals surface area contributed by atoms with Crippen molar-refractivity contribution in [1.82, 2.24) is 5.32 Å². The zero-order valence-electron chi connectivity index (χ0n) is 12.1. The third-order valence-electron chi connectivity index (χ3n) is 2.74. The van der Waals surface area contributed by atoms with Crippen LogP contribution in [0.1, 0.15) is 19.3 Å². The number of urea groups is 1. The Hall–Kier alpha value is -2.44. The van der Waals surface area contributed by atoms with Gasteiger partial charge in [-0.3, -0.25) is 4.79 Å². The van der Waals surface area contributed by atoms with Gasteiger partial charge in [-0.25, -0.2) is 4.79 Å². The number of carboxylic acid groups (broad SMARTS) is 1. The number of methoxy groups -OCH3 is 2. The SMILES string of the molecule is COc1ccc(NC(=O)NCCCCC(=O)O)cc1OC. The molecule has 1 rings (SSSR count). The van der Waals surface area contributed by atoms with E-state index >= 15 is 0 Å². The minimum Gasteiger partial charge on any atom is -0.493 e. The lowest BCUT2D eigenvalue weighted by Gasteiger charge is -2.11. The average molecular weight is 296 g/mol. The van der Waals surface area contributed by atoms with Gasteiger partial charge in [0.1, 0.15) is 0 Å². The van der Waals surface area contributed by atoms with E-state index in [-0.39, 0.29) is 12.5 Å². The smallest absolute Gasteiger partial charge is 0.319 e. The van der Waals surface area contributed by atoms with E-state index in [0.717, 1.165) is 0 Å². The molecule has 116 valence electrons. The lowest BCUT2D eigenvalue weighted by Crippen LogP contribution is -2.29. The second kappa shape index (κ2) is 8.68. The van der Waals surface area contributed by atoms with Crippen LogP contribution in [0.25, 0.3) is 0 Å². The van der Waals surface area contributed by atoms with Crippen molar-refractivity contribution in [3.8, 4) is 11.5 Å². The summed E-state index contributed by atoms with van der Waals surface area (Å²) in [6.07, 6.45) is 1.26. The zero-order chi connectivity index (χ0) is 15.7. The lowest BCUT2D eigenvalue weighted by molar-refractivity contribution is -0.137. The summed E-state index contributed by atoms with van der Waals surface area (Å²) in [6.45, 7) is 0.423. The first-order valence-electron chi connectivity index (χ1n) is 6.55. The van der Waals surface area contributed by atoms with Gasteiger partial charge in [0.15, 0.2) is 11.5 Å². The summed E-state index contributed by atoms with van der Waals surface area (Å²) in [4.78, 5) is 22.0. The topological polar surface area (TPSA) is 96.9 Å². The maximum absolute atomic E-state index is 11.7. The van der Waals surface area contributed by atoms with Gasteiger partial charge >= 0.3 is 12.0 Å². The Balaban J connectivity index is 2.39. The first-order valence-corrected chi connectivity index (χ1v) is 6.55. The van der Waals surface area contributed by atoms with Crippen LogP contribution in [0.3, 0.4) is 0 Å². The number of carbonyl (C=O) groups is 2. The largest absolute Gasteiger partial charge is 0.493 e. The molecule has 0 saturated carbocycles. The lowest BCUT2D eigenvalue weighted by atomic mass is 10.2. The van der Waals surface area contributed by atoms with Gasteiger partial charge in [-0.15, -0.1) is 0 Å². The number of anilines is 1. The number of nitrogens with one attached hydrogen (secondary N) is 2. The van der Waals surface area contributed by atoms with Crippen LogP contribution in [0.4, 0.5) is 10.5 Å². The normalized spacial score (nSPS) is 9.81. The van der Waals surface area contributed by atoms with Crippen molar-refractivity contribution >= 4 is 17.7 Å². The van der Waals surface area contributed by atoms with E-state index in [9.17, 15) is 9.59 Å². The fourth-order valence-corrected chi connectivity index (χ4v) is 1.69. The van der Waals surface area contributed by atoms with E-state index in [0.29, 0.717) is 36.6 Å². The number of rotatable bonds is 8. The Labute approximate surface area is 123 Å². The van der Waals surface area contributed by atoms with E-state index in [1.807, 2.05) is 0 Å². The Morgan fingerprint density at radius 1 is 1.14 bits per heavy atom. The number of aliphatic carboxylic acids is 1. The van der Waals surface area contributed by atoms with Crippen molar-refractivity contribution in [3.63, 3.8) is 0 Å². The fraction of sp³-hybridized carbons (Fsp3) is 0.429. The summed E-state index contributed by atoms with van der Waals surface area (Å²) in [7, 11) is 3.05. The maximum atomic E-state index is 11.7. The van der Waals surface area contributed by atoms with Gasteiger partial charge in [0.2, 0.25) is 0 Å². The van der Waals surface area contributed by atoms with Gasteiger partial charge in [-0.2, -0.15) is 0 Å². The van der Waals surface area contributed by atoms with Crippen LogP contribution in [-0.2, 0) is 4.79 Å². The molecule has 0 aliphatic carbocycles. The summed E-state index contributed by atoms with van der Waals surface area (Å²) in [5.41, 5.74) is 0.579. The maximum Gasteiger partial charge on any atom is 0.319 e. The number of ether oxygens (including phenoxy) is 2. The monoisotopic (exact) mass is 296 g/mol. The number of carbonyl (C=O) groups excluding carboxylic acids is 1. The van der Waals surface area contributed by atoms with Crippen LogP contribution in [0.15, 0.2) is 18.2 Å². The molecule has 0 aliphatic rings. The molecule has 0 heterocycles. The van der Waals surface area contributed by atoms with E-state index < -0.39 is 5.97 Å². The number of unbranched alkanes of at least 4 members (excludes halogenated alkanes) is 1. The molecule has 1 aromatic carbocycles. The molecule has 21 heavy (non-hydrogen) atoms. The summed E-state index contributed by atoms with van der Waals surface area (Å²) in [6, 6.07) is 4.70.